The van der Waals surface area contributed by atoms with Gasteiger partial charge in [-0.3, -0.25) is 0 Å². The zero-order valence-electron chi connectivity index (χ0n) is 11.6. The van der Waals surface area contributed by atoms with Gasteiger partial charge in [0.2, 0.25) is 0 Å². The van der Waals surface area contributed by atoms with Crippen molar-refractivity contribution in [2.24, 2.45) is 5.92 Å². The van der Waals surface area contributed by atoms with E-state index in [-0.39, 0.29) is 0 Å². The number of nitrogens with one attached hydrogen (secondary N) is 1. The fraction of sp³-hybridized carbons (Fsp3) is 1.00. The molecule has 2 N–H and O–H groups in total. The molecular weight excluding hydrogens is 230 g/mol. The molecule has 0 aromatic carbocycles. The van der Waals surface area contributed by atoms with Crippen molar-refractivity contribution in [1.82, 2.24) is 5.32 Å². The summed E-state index contributed by atoms with van der Waals surface area (Å²) in [4.78, 5) is 0. The molecule has 4 unspecified atom stereocenters. The van der Waals surface area contributed by atoms with E-state index in [2.05, 4.69) is 37.8 Å². The molecule has 0 heterocycles. The number of aliphatic hydroxyl groups excluding tert-OH is 1. The molecule has 1 fully saturated rings. The Kier molecular flexibility index (Phi) is 7.56. The molecule has 0 aromatic rings. The summed E-state index contributed by atoms with van der Waals surface area (Å²) in [5.74, 6) is 0.869. The fourth-order valence-electron chi connectivity index (χ4n) is 2.59. The van der Waals surface area contributed by atoms with Crippen LogP contribution in [0.25, 0.3) is 0 Å². The summed E-state index contributed by atoms with van der Waals surface area (Å²) in [7, 11) is 0. The summed E-state index contributed by atoms with van der Waals surface area (Å²) in [6, 6.07) is 0.692. The van der Waals surface area contributed by atoms with Crippen molar-refractivity contribution in [3.8, 4) is 0 Å². The first-order valence-electron chi connectivity index (χ1n) is 7.17. The van der Waals surface area contributed by atoms with Gasteiger partial charge in [-0.1, -0.05) is 20.8 Å². The predicted molar refractivity (Wildman–Crippen MR) is 77.6 cm³/mol. The number of rotatable bonds is 7. The minimum absolute atomic E-state index is 0.323. The molecule has 2 nitrogen and oxygen atoms in total. The average molecular weight is 259 g/mol. The van der Waals surface area contributed by atoms with Gasteiger partial charge < -0.3 is 10.4 Å². The molecule has 0 bridgehead atoms. The van der Waals surface area contributed by atoms with Crippen molar-refractivity contribution in [2.45, 2.75) is 69.4 Å². The van der Waals surface area contributed by atoms with Gasteiger partial charge in [-0.15, -0.1) is 0 Å². The predicted octanol–water partition coefficient (Wildman–Crippen LogP) is 3.05. The van der Waals surface area contributed by atoms with Crippen molar-refractivity contribution < 1.29 is 5.11 Å². The second-order valence-electron chi connectivity index (χ2n) is 5.48. The summed E-state index contributed by atoms with van der Waals surface area (Å²) in [5, 5.41) is 14.0. The maximum absolute atomic E-state index is 9.00. The molecule has 1 aliphatic carbocycles. The van der Waals surface area contributed by atoms with E-state index in [0.717, 1.165) is 24.1 Å². The summed E-state index contributed by atoms with van der Waals surface area (Å²) in [6.45, 7) is 8.32. The van der Waals surface area contributed by atoms with Crippen LogP contribution < -0.4 is 5.32 Å². The maximum Gasteiger partial charge on any atom is 0.0441 e. The fourth-order valence-corrected chi connectivity index (χ4v) is 4.29. The van der Waals surface area contributed by atoms with E-state index in [1.807, 2.05) is 0 Å². The number of hydrogen-bond acceptors (Lipinski definition) is 3. The molecule has 0 amide bonds. The Morgan fingerprint density at radius 2 is 2.18 bits per heavy atom. The third kappa shape index (κ3) is 5.62. The van der Waals surface area contributed by atoms with E-state index in [1.54, 1.807) is 0 Å². The first-order valence-corrected chi connectivity index (χ1v) is 8.11. The van der Waals surface area contributed by atoms with Crippen molar-refractivity contribution >= 4 is 11.8 Å². The van der Waals surface area contributed by atoms with Crippen LogP contribution in [-0.2, 0) is 0 Å². The Hall–Kier alpha value is 0.270. The summed E-state index contributed by atoms with van der Waals surface area (Å²) >= 11 is 2.08. The van der Waals surface area contributed by atoms with Crippen molar-refractivity contribution in [3.05, 3.63) is 0 Å². The van der Waals surface area contributed by atoms with Gasteiger partial charge in [0.15, 0.2) is 0 Å². The molecule has 0 radical (unpaired) electrons. The van der Waals surface area contributed by atoms with Gasteiger partial charge in [-0.2, -0.15) is 11.8 Å². The van der Waals surface area contributed by atoms with Gasteiger partial charge in [0.25, 0.3) is 0 Å². The molecule has 0 aliphatic heterocycles. The highest BCUT2D eigenvalue weighted by molar-refractivity contribution is 8.00. The Bertz CT molecular complexity index is 199. The monoisotopic (exact) mass is 259 g/mol. The second kappa shape index (κ2) is 8.39. The van der Waals surface area contributed by atoms with Crippen LogP contribution in [0, 0.1) is 5.92 Å². The van der Waals surface area contributed by atoms with Crippen molar-refractivity contribution in [3.63, 3.8) is 0 Å². The lowest BCUT2D eigenvalue weighted by atomic mass is 9.87. The van der Waals surface area contributed by atoms with E-state index in [9.17, 15) is 0 Å². The lowest BCUT2D eigenvalue weighted by Gasteiger charge is -2.36. The van der Waals surface area contributed by atoms with Gasteiger partial charge in [0.1, 0.15) is 0 Å². The van der Waals surface area contributed by atoms with Gasteiger partial charge in [0.05, 0.1) is 0 Å². The summed E-state index contributed by atoms with van der Waals surface area (Å²) in [5.41, 5.74) is 0. The molecule has 3 heteroatoms. The van der Waals surface area contributed by atoms with Crippen molar-refractivity contribution in [1.29, 1.82) is 0 Å². The van der Waals surface area contributed by atoms with Gasteiger partial charge >= 0.3 is 0 Å². The Morgan fingerprint density at radius 1 is 1.41 bits per heavy atom. The van der Waals surface area contributed by atoms with Crippen LogP contribution in [-0.4, -0.2) is 34.8 Å². The van der Waals surface area contributed by atoms with E-state index in [1.165, 1.54) is 25.7 Å². The van der Waals surface area contributed by atoms with Gasteiger partial charge in [-0.25, -0.2) is 0 Å². The van der Waals surface area contributed by atoms with Crippen LogP contribution in [0.5, 0.6) is 0 Å². The zero-order valence-corrected chi connectivity index (χ0v) is 12.4. The van der Waals surface area contributed by atoms with E-state index < -0.39 is 0 Å². The van der Waals surface area contributed by atoms with E-state index in [0.29, 0.717) is 17.9 Å². The third-order valence-corrected chi connectivity index (χ3v) is 5.22. The molecular formula is C14H29NOS. The molecule has 1 saturated carbocycles. The van der Waals surface area contributed by atoms with Crippen LogP contribution in [0.2, 0.25) is 0 Å². The lowest BCUT2D eigenvalue weighted by molar-refractivity contribution is 0.287. The van der Waals surface area contributed by atoms with Crippen LogP contribution in [0.15, 0.2) is 0 Å². The van der Waals surface area contributed by atoms with Gasteiger partial charge in [-0.05, 0) is 44.6 Å². The third-order valence-electron chi connectivity index (χ3n) is 3.65. The van der Waals surface area contributed by atoms with Gasteiger partial charge in [0, 0.05) is 23.1 Å². The van der Waals surface area contributed by atoms with Crippen LogP contribution in [0.1, 0.15) is 52.9 Å². The highest BCUT2D eigenvalue weighted by Gasteiger charge is 2.29. The second-order valence-corrected chi connectivity index (χ2v) is 7.16. The maximum atomic E-state index is 9.00. The number of thioether (sulfide) groups is 1. The zero-order chi connectivity index (χ0) is 12.7. The molecule has 17 heavy (non-hydrogen) atoms. The Labute approximate surface area is 111 Å². The first-order chi connectivity index (χ1) is 8.17. The molecule has 102 valence electrons. The molecule has 0 saturated heterocycles. The molecule has 1 aliphatic rings. The highest BCUT2D eigenvalue weighted by atomic mass is 32.2. The first kappa shape index (κ1) is 15.3. The molecule has 1 rings (SSSR count). The number of aliphatic hydroxyl groups is 1. The Morgan fingerprint density at radius 3 is 2.82 bits per heavy atom. The topological polar surface area (TPSA) is 32.3 Å². The molecule has 0 spiro atoms. The number of hydrogen-bond donors (Lipinski definition) is 2. The normalized spacial score (nSPS) is 31.4. The minimum atomic E-state index is 0.323. The van der Waals surface area contributed by atoms with Crippen LogP contribution >= 0.6 is 11.8 Å². The van der Waals surface area contributed by atoms with Crippen LogP contribution in [0.4, 0.5) is 0 Å². The summed E-state index contributed by atoms with van der Waals surface area (Å²) < 4.78 is 0. The molecule has 0 aromatic heterocycles. The largest absolute Gasteiger partial charge is 0.396 e. The van der Waals surface area contributed by atoms with Crippen molar-refractivity contribution in [2.75, 3.05) is 13.2 Å². The van der Waals surface area contributed by atoms with Crippen LogP contribution in [0.3, 0.4) is 0 Å². The Balaban J connectivity index is 2.43. The average Bonchev–Trinajstić information content (AvgIpc) is 2.28. The highest BCUT2D eigenvalue weighted by Crippen LogP contribution is 2.35. The standard InChI is InChI=1S/C14H29NOS/c1-4-8-15-13-6-5-11(2)10-14(13)17-12(3)7-9-16/h11-16H,4-10H2,1-3H3. The molecule has 4 atom stereocenters. The summed E-state index contributed by atoms with van der Waals surface area (Å²) in [6.07, 6.45) is 6.17. The minimum Gasteiger partial charge on any atom is -0.396 e. The van der Waals surface area contributed by atoms with E-state index in [4.69, 9.17) is 5.11 Å². The quantitative estimate of drug-likeness (QED) is 0.737. The van der Waals surface area contributed by atoms with E-state index >= 15 is 0 Å². The SMILES string of the molecule is CCCNC1CCC(C)CC1SC(C)CCO. The lowest BCUT2D eigenvalue weighted by Crippen LogP contribution is -2.43. The smallest absolute Gasteiger partial charge is 0.0441 e.